The maximum absolute atomic E-state index is 11.3. The Hall–Kier alpha value is -2.17. The first kappa shape index (κ1) is 9.39. The number of fused-ring (bicyclic) bond motifs is 1. The fourth-order valence-electron chi connectivity index (χ4n) is 1.35. The van der Waals surface area contributed by atoms with Crippen LogP contribution in [0, 0.1) is 0 Å². The van der Waals surface area contributed by atoms with Crippen LogP contribution in [0.3, 0.4) is 0 Å². The molecule has 0 saturated carbocycles. The zero-order valence-corrected chi connectivity index (χ0v) is 7.73. The summed E-state index contributed by atoms with van der Waals surface area (Å²) in [6.07, 6.45) is 1.34. The maximum Gasteiger partial charge on any atom is 0.309 e. The summed E-state index contributed by atoms with van der Waals surface area (Å²) in [5.74, 6) is -0.944. The Balaban J connectivity index is 2.57. The van der Waals surface area contributed by atoms with Crippen LogP contribution in [-0.4, -0.2) is 21.0 Å². The molecule has 0 aromatic carbocycles. The molecule has 0 spiro atoms. The minimum atomic E-state index is -0.944. The SMILES string of the molecule is O=C(O)Cc1ccc2c(=O)cc[nH]c2n1. The number of carboxylic acids is 1. The second kappa shape index (κ2) is 3.53. The highest BCUT2D eigenvalue weighted by Crippen LogP contribution is 2.05. The van der Waals surface area contributed by atoms with Crippen LogP contribution in [0.15, 0.2) is 29.2 Å². The first-order valence-corrected chi connectivity index (χ1v) is 4.36. The highest BCUT2D eigenvalue weighted by atomic mass is 16.4. The highest BCUT2D eigenvalue weighted by Gasteiger charge is 2.04. The van der Waals surface area contributed by atoms with Gasteiger partial charge in [0, 0.05) is 12.3 Å². The van der Waals surface area contributed by atoms with Crippen molar-refractivity contribution in [3.8, 4) is 0 Å². The Morgan fingerprint density at radius 2 is 2.20 bits per heavy atom. The van der Waals surface area contributed by atoms with Crippen LogP contribution in [0.5, 0.6) is 0 Å². The molecular formula is C10H8N2O3. The molecule has 0 atom stereocenters. The quantitative estimate of drug-likeness (QED) is 0.748. The van der Waals surface area contributed by atoms with Crippen molar-refractivity contribution in [3.63, 3.8) is 0 Å². The maximum atomic E-state index is 11.3. The van der Waals surface area contributed by atoms with Crippen LogP contribution in [0.25, 0.3) is 11.0 Å². The summed E-state index contributed by atoms with van der Waals surface area (Å²) in [6, 6.07) is 4.53. The van der Waals surface area contributed by atoms with E-state index in [4.69, 9.17) is 5.11 Å². The standard InChI is InChI=1S/C10H8N2O3/c13-8-3-4-11-10-7(8)2-1-6(12-10)5-9(14)15/h1-4H,5H2,(H,14,15)(H,11,12,13). The number of carboxylic acid groups (broad SMARTS) is 1. The molecule has 76 valence electrons. The van der Waals surface area contributed by atoms with Gasteiger partial charge in [0.05, 0.1) is 17.5 Å². The average molecular weight is 204 g/mol. The van der Waals surface area contributed by atoms with Gasteiger partial charge < -0.3 is 10.1 Å². The van der Waals surface area contributed by atoms with E-state index >= 15 is 0 Å². The molecule has 2 rings (SSSR count). The van der Waals surface area contributed by atoms with E-state index in [1.807, 2.05) is 0 Å². The van der Waals surface area contributed by atoms with E-state index in [0.717, 1.165) is 0 Å². The number of rotatable bonds is 2. The normalized spacial score (nSPS) is 10.4. The van der Waals surface area contributed by atoms with Gasteiger partial charge in [-0.3, -0.25) is 9.59 Å². The van der Waals surface area contributed by atoms with Gasteiger partial charge in [0.1, 0.15) is 5.65 Å². The molecule has 0 fully saturated rings. The van der Waals surface area contributed by atoms with Gasteiger partial charge in [-0.25, -0.2) is 4.98 Å². The van der Waals surface area contributed by atoms with Crippen LogP contribution in [-0.2, 0) is 11.2 Å². The molecule has 5 heteroatoms. The molecule has 2 N–H and O–H groups in total. The number of aliphatic carboxylic acids is 1. The monoisotopic (exact) mass is 204 g/mol. The third-order valence-electron chi connectivity index (χ3n) is 2.01. The summed E-state index contributed by atoms with van der Waals surface area (Å²) >= 11 is 0. The highest BCUT2D eigenvalue weighted by molar-refractivity contribution is 5.75. The minimum Gasteiger partial charge on any atom is -0.481 e. The number of H-pyrrole nitrogens is 1. The molecule has 0 aliphatic carbocycles. The molecule has 2 aromatic rings. The summed E-state index contributed by atoms with van der Waals surface area (Å²) < 4.78 is 0. The number of pyridine rings is 2. The summed E-state index contributed by atoms with van der Waals surface area (Å²) in [7, 11) is 0. The largest absolute Gasteiger partial charge is 0.481 e. The number of nitrogens with zero attached hydrogens (tertiary/aromatic N) is 1. The molecular weight excluding hydrogens is 196 g/mol. The Morgan fingerprint density at radius 1 is 1.40 bits per heavy atom. The van der Waals surface area contributed by atoms with E-state index < -0.39 is 5.97 Å². The van der Waals surface area contributed by atoms with Gasteiger partial charge in [-0.15, -0.1) is 0 Å². The second-order valence-corrected chi connectivity index (χ2v) is 3.11. The Labute approximate surface area is 84.4 Å². The molecule has 0 aliphatic heterocycles. The molecule has 5 nitrogen and oxygen atoms in total. The van der Waals surface area contributed by atoms with Crippen molar-refractivity contribution in [2.75, 3.05) is 0 Å². The lowest BCUT2D eigenvalue weighted by molar-refractivity contribution is -0.136. The van der Waals surface area contributed by atoms with Gasteiger partial charge in [-0.05, 0) is 12.1 Å². The lowest BCUT2D eigenvalue weighted by Gasteiger charge is -1.99. The van der Waals surface area contributed by atoms with Gasteiger partial charge >= 0.3 is 5.97 Å². The van der Waals surface area contributed by atoms with E-state index in [2.05, 4.69) is 9.97 Å². The van der Waals surface area contributed by atoms with Crippen LogP contribution in [0.2, 0.25) is 0 Å². The predicted octanol–water partition coefficient (Wildman–Crippen LogP) is 0.550. The average Bonchev–Trinajstić information content (AvgIpc) is 2.17. The van der Waals surface area contributed by atoms with Gasteiger partial charge in [0.2, 0.25) is 0 Å². The molecule has 2 heterocycles. The van der Waals surface area contributed by atoms with Crippen molar-refractivity contribution in [3.05, 3.63) is 40.3 Å². The van der Waals surface area contributed by atoms with E-state index in [1.165, 1.54) is 12.3 Å². The number of aromatic amines is 1. The first-order valence-electron chi connectivity index (χ1n) is 4.36. The van der Waals surface area contributed by atoms with Gasteiger partial charge in [0.25, 0.3) is 0 Å². The molecule has 0 saturated heterocycles. The van der Waals surface area contributed by atoms with Crippen molar-refractivity contribution in [1.82, 2.24) is 9.97 Å². The molecule has 0 aliphatic rings. The van der Waals surface area contributed by atoms with E-state index in [-0.39, 0.29) is 11.8 Å². The van der Waals surface area contributed by atoms with Gasteiger partial charge in [0.15, 0.2) is 5.43 Å². The third kappa shape index (κ3) is 1.85. The number of nitrogens with one attached hydrogen (secondary N) is 1. The van der Waals surface area contributed by atoms with Gasteiger partial charge in [-0.1, -0.05) is 0 Å². The number of carbonyl (C=O) groups is 1. The Bertz CT molecular complexity index is 574. The zero-order valence-electron chi connectivity index (χ0n) is 7.73. The van der Waals surface area contributed by atoms with Gasteiger partial charge in [-0.2, -0.15) is 0 Å². The summed E-state index contributed by atoms with van der Waals surface area (Å²) in [6.45, 7) is 0. The Morgan fingerprint density at radius 3 is 2.93 bits per heavy atom. The van der Waals surface area contributed by atoms with Crippen molar-refractivity contribution in [2.45, 2.75) is 6.42 Å². The number of hydrogen-bond donors (Lipinski definition) is 2. The first-order chi connectivity index (χ1) is 7.16. The number of aromatic nitrogens is 2. The summed E-state index contributed by atoms with van der Waals surface area (Å²) in [4.78, 5) is 28.6. The topological polar surface area (TPSA) is 83.0 Å². The van der Waals surface area contributed by atoms with E-state index in [0.29, 0.717) is 16.7 Å². The molecule has 2 aromatic heterocycles. The third-order valence-corrected chi connectivity index (χ3v) is 2.01. The van der Waals surface area contributed by atoms with Crippen LogP contribution >= 0.6 is 0 Å². The predicted molar refractivity (Wildman–Crippen MR) is 53.7 cm³/mol. The fourth-order valence-corrected chi connectivity index (χ4v) is 1.35. The van der Waals surface area contributed by atoms with Crippen molar-refractivity contribution >= 4 is 17.0 Å². The van der Waals surface area contributed by atoms with Crippen molar-refractivity contribution in [1.29, 1.82) is 0 Å². The van der Waals surface area contributed by atoms with E-state index in [9.17, 15) is 9.59 Å². The minimum absolute atomic E-state index is 0.127. The fraction of sp³-hybridized carbons (Fsp3) is 0.100. The van der Waals surface area contributed by atoms with Crippen molar-refractivity contribution < 1.29 is 9.90 Å². The van der Waals surface area contributed by atoms with Crippen LogP contribution in [0.1, 0.15) is 5.69 Å². The Kier molecular flexibility index (Phi) is 2.21. The van der Waals surface area contributed by atoms with Crippen LogP contribution < -0.4 is 5.43 Å². The molecule has 0 amide bonds. The molecule has 0 bridgehead atoms. The zero-order chi connectivity index (χ0) is 10.8. The second-order valence-electron chi connectivity index (χ2n) is 3.11. The smallest absolute Gasteiger partial charge is 0.309 e. The molecule has 0 unspecified atom stereocenters. The summed E-state index contributed by atoms with van der Waals surface area (Å²) in [5, 5.41) is 9.05. The van der Waals surface area contributed by atoms with E-state index in [1.54, 1.807) is 12.1 Å². The van der Waals surface area contributed by atoms with Crippen LogP contribution in [0.4, 0.5) is 0 Å². The lowest BCUT2D eigenvalue weighted by atomic mass is 10.2. The van der Waals surface area contributed by atoms with Crippen molar-refractivity contribution in [2.24, 2.45) is 0 Å². The molecule has 0 radical (unpaired) electrons. The lowest BCUT2D eigenvalue weighted by Crippen LogP contribution is -2.06. The number of hydrogen-bond acceptors (Lipinski definition) is 3. The summed E-state index contributed by atoms with van der Waals surface area (Å²) in [5.41, 5.74) is 0.719. The molecule has 15 heavy (non-hydrogen) atoms.